The number of aliphatic hydroxyl groups excluding tert-OH is 1. The molecule has 1 N–H and O–H groups in total. The summed E-state index contributed by atoms with van der Waals surface area (Å²) in [7, 11) is 0. The van der Waals surface area contributed by atoms with Gasteiger partial charge in [0, 0.05) is 24.4 Å². The van der Waals surface area contributed by atoms with Crippen molar-refractivity contribution < 1.29 is 19.4 Å². The van der Waals surface area contributed by atoms with Crippen molar-refractivity contribution >= 4 is 5.78 Å². The molecule has 6 rings (SSSR count). The van der Waals surface area contributed by atoms with Crippen LogP contribution in [0.25, 0.3) is 0 Å². The highest BCUT2D eigenvalue weighted by Gasteiger charge is 2.82. The smallest absolute Gasteiger partial charge is 0.164 e. The number of rotatable bonds is 4. The molecule has 0 bridgehead atoms. The number of hydrogen-bond donors (Lipinski definition) is 1. The largest absolute Gasteiger partial charge is 0.390 e. The van der Waals surface area contributed by atoms with Gasteiger partial charge < -0.3 is 14.6 Å². The van der Waals surface area contributed by atoms with Gasteiger partial charge in [0.05, 0.1) is 6.10 Å². The third-order valence-electron chi connectivity index (χ3n) is 13.6. The molecule has 0 aromatic heterocycles. The van der Waals surface area contributed by atoms with E-state index in [1.165, 1.54) is 44.1 Å². The Morgan fingerprint density at radius 3 is 2.39 bits per heavy atom. The second-order valence-corrected chi connectivity index (χ2v) is 15.0. The van der Waals surface area contributed by atoms with Crippen LogP contribution in [0.1, 0.15) is 106 Å². The van der Waals surface area contributed by atoms with Crippen molar-refractivity contribution in [1.82, 2.24) is 0 Å². The summed E-state index contributed by atoms with van der Waals surface area (Å²) in [5.74, 6) is 2.27. The molecule has 1 saturated heterocycles. The third-order valence-corrected chi connectivity index (χ3v) is 13.6. The van der Waals surface area contributed by atoms with Crippen molar-refractivity contribution in [3.05, 3.63) is 11.6 Å². The first-order valence-electron chi connectivity index (χ1n) is 15.0. The molecule has 5 saturated carbocycles. The Bertz CT molecular complexity index is 965. The SMILES string of the molecule is CCOC1OC(C=C(C)C)C(O)C1C1CCC2(C)C3CCC4C(C)(C)C(=O)CCC45CC35CCC12C. The normalized spacial score (nSPS) is 54.8. The van der Waals surface area contributed by atoms with Crippen LogP contribution in [0.5, 0.6) is 0 Å². The Balaban J connectivity index is 1.32. The lowest BCUT2D eigenvalue weighted by Gasteiger charge is -2.62. The molecule has 5 aliphatic carbocycles. The van der Waals surface area contributed by atoms with Gasteiger partial charge in [-0.15, -0.1) is 0 Å². The summed E-state index contributed by atoms with van der Waals surface area (Å²) in [5, 5.41) is 11.6. The molecule has 0 radical (unpaired) electrons. The number of ketones is 1. The van der Waals surface area contributed by atoms with E-state index in [2.05, 4.69) is 47.6 Å². The highest BCUT2D eigenvalue weighted by Crippen LogP contribution is 2.89. The Kier molecular flexibility index (Phi) is 5.62. The van der Waals surface area contributed by atoms with E-state index in [0.717, 1.165) is 25.2 Å². The van der Waals surface area contributed by atoms with Crippen molar-refractivity contribution in [3.63, 3.8) is 0 Å². The molecule has 11 unspecified atom stereocenters. The summed E-state index contributed by atoms with van der Waals surface area (Å²) in [6, 6.07) is 0. The molecule has 36 heavy (non-hydrogen) atoms. The lowest BCUT2D eigenvalue weighted by molar-refractivity contribution is -0.177. The summed E-state index contributed by atoms with van der Waals surface area (Å²) in [6.07, 6.45) is 11.7. The van der Waals surface area contributed by atoms with Gasteiger partial charge in [-0.25, -0.2) is 0 Å². The van der Waals surface area contributed by atoms with Crippen LogP contribution in [0.4, 0.5) is 0 Å². The number of hydrogen-bond acceptors (Lipinski definition) is 4. The van der Waals surface area contributed by atoms with Crippen molar-refractivity contribution in [3.8, 4) is 0 Å². The standard InChI is InChI=1S/C32H50O4/c1-8-35-27-25(26(34)21(36-27)17-19(2)3)20-11-13-30(7)23-10-9-22-28(4,5)24(33)12-14-31(22)18-32(23,31)16-15-29(20,30)6/h17,20-23,25-27,34H,8-16,18H2,1-7H3. The quantitative estimate of drug-likeness (QED) is 0.438. The van der Waals surface area contributed by atoms with Gasteiger partial charge in [-0.3, -0.25) is 4.79 Å². The molecule has 0 aromatic rings. The minimum Gasteiger partial charge on any atom is -0.390 e. The van der Waals surface area contributed by atoms with Gasteiger partial charge in [-0.1, -0.05) is 39.3 Å². The van der Waals surface area contributed by atoms with E-state index in [9.17, 15) is 9.90 Å². The van der Waals surface area contributed by atoms with Gasteiger partial charge in [0.1, 0.15) is 11.9 Å². The zero-order chi connectivity index (χ0) is 25.9. The topological polar surface area (TPSA) is 55.8 Å². The van der Waals surface area contributed by atoms with Crippen LogP contribution in [-0.2, 0) is 14.3 Å². The number of carbonyl (C=O) groups excluding carboxylic acids is 1. The monoisotopic (exact) mass is 498 g/mol. The van der Waals surface area contributed by atoms with E-state index in [4.69, 9.17) is 9.47 Å². The second-order valence-electron chi connectivity index (χ2n) is 15.0. The lowest BCUT2D eigenvalue weighted by atomic mass is 9.42. The molecule has 1 heterocycles. The first-order chi connectivity index (χ1) is 16.9. The summed E-state index contributed by atoms with van der Waals surface area (Å²) < 4.78 is 12.5. The number of Topliss-reactive ketones (excluding diaryl/α,β-unsaturated/α-hetero) is 1. The zero-order valence-corrected chi connectivity index (χ0v) is 23.9. The van der Waals surface area contributed by atoms with Crippen molar-refractivity contribution in [2.24, 2.45) is 50.7 Å². The van der Waals surface area contributed by atoms with Gasteiger partial charge in [-0.2, -0.15) is 0 Å². The molecule has 11 atom stereocenters. The van der Waals surface area contributed by atoms with Crippen LogP contribution in [0.2, 0.25) is 0 Å². The van der Waals surface area contributed by atoms with Crippen LogP contribution in [-0.4, -0.2) is 36.0 Å². The highest BCUT2D eigenvalue weighted by molar-refractivity contribution is 5.86. The molecular weight excluding hydrogens is 448 g/mol. The summed E-state index contributed by atoms with van der Waals surface area (Å²) in [6.45, 7) is 16.5. The fourth-order valence-electron chi connectivity index (χ4n) is 11.7. The molecule has 2 spiro atoms. The third kappa shape index (κ3) is 2.96. The van der Waals surface area contributed by atoms with Gasteiger partial charge in [0.15, 0.2) is 6.29 Å². The summed E-state index contributed by atoms with van der Waals surface area (Å²) in [5.41, 5.74) is 2.36. The maximum Gasteiger partial charge on any atom is 0.164 e. The molecule has 4 heteroatoms. The Morgan fingerprint density at radius 1 is 1.00 bits per heavy atom. The molecule has 202 valence electrons. The predicted octanol–water partition coefficient (Wildman–Crippen LogP) is 6.70. The fourth-order valence-corrected chi connectivity index (χ4v) is 11.7. The first-order valence-corrected chi connectivity index (χ1v) is 15.0. The number of carbonyl (C=O) groups is 1. The van der Waals surface area contributed by atoms with E-state index < -0.39 is 6.10 Å². The Labute approximate surface area is 219 Å². The average Bonchev–Trinajstić information content (AvgIpc) is 3.29. The maximum atomic E-state index is 12.9. The van der Waals surface area contributed by atoms with E-state index in [1.54, 1.807) is 0 Å². The van der Waals surface area contributed by atoms with Gasteiger partial charge in [-0.05, 0) is 112 Å². The van der Waals surface area contributed by atoms with E-state index in [0.29, 0.717) is 35.1 Å². The van der Waals surface area contributed by atoms with Crippen molar-refractivity contribution in [2.45, 2.75) is 125 Å². The molecule has 0 aromatic carbocycles. The minimum atomic E-state index is -0.510. The first kappa shape index (κ1) is 25.6. The lowest BCUT2D eigenvalue weighted by Crippen LogP contribution is -2.57. The maximum absolute atomic E-state index is 12.9. The molecule has 4 nitrogen and oxygen atoms in total. The highest BCUT2D eigenvalue weighted by atomic mass is 16.7. The van der Waals surface area contributed by atoms with E-state index in [1.807, 2.05) is 6.92 Å². The minimum absolute atomic E-state index is 0.0298. The molecule has 1 aliphatic heterocycles. The Morgan fingerprint density at radius 2 is 1.69 bits per heavy atom. The molecule has 0 amide bonds. The number of ether oxygens (including phenoxy) is 2. The molecule has 6 aliphatic rings. The van der Waals surface area contributed by atoms with Crippen LogP contribution in [0.15, 0.2) is 11.6 Å². The Hall–Kier alpha value is -0.710. The average molecular weight is 499 g/mol. The molecular formula is C32H50O4. The van der Waals surface area contributed by atoms with Gasteiger partial charge in [0.2, 0.25) is 0 Å². The van der Waals surface area contributed by atoms with E-state index >= 15 is 0 Å². The van der Waals surface area contributed by atoms with Crippen LogP contribution in [0, 0.1) is 50.7 Å². The van der Waals surface area contributed by atoms with E-state index in [-0.39, 0.29) is 34.6 Å². The molecule has 6 fully saturated rings. The van der Waals surface area contributed by atoms with Crippen LogP contribution < -0.4 is 0 Å². The number of aliphatic hydroxyl groups is 1. The van der Waals surface area contributed by atoms with Gasteiger partial charge in [0.25, 0.3) is 0 Å². The second kappa shape index (κ2) is 7.92. The van der Waals surface area contributed by atoms with Gasteiger partial charge >= 0.3 is 0 Å². The fraction of sp³-hybridized carbons (Fsp3) is 0.906. The van der Waals surface area contributed by atoms with Crippen LogP contribution >= 0.6 is 0 Å². The summed E-state index contributed by atoms with van der Waals surface area (Å²) >= 11 is 0. The number of fused-ring (bicyclic) bond motifs is 2. The summed E-state index contributed by atoms with van der Waals surface area (Å²) in [4.78, 5) is 12.9. The number of allylic oxidation sites excluding steroid dienone is 1. The van der Waals surface area contributed by atoms with Crippen LogP contribution in [0.3, 0.4) is 0 Å². The zero-order valence-electron chi connectivity index (χ0n) is 23.9. The van der Waals surface area contributed by atoms with Crippen molar-refractivity contribution in [1.29, 1.82) is 0 Å². The van der Waals surface area contributed by atoms with Crippen molar-refractivity contribution in [2.75, 3.05) is 6.61 Å². The predicted molar refractivity (Wildman–Crippen MR) is 141 cm³/mol.